The molecule has 1 saturated heterocycles. The fourth-order valence-electron chi connectivity index (χ4n) is 2.43. The Hall–Kier alpha value is -1.88. The van der Waals surface area contributed by atoms with E-state index in [1.165, 1.54) is 0 Å². The molecule has 5 nitrogen and oxygen atoms in total. The van der Waals surface area contributed by atoms with E-state index in [0.29, 0.717) is 0 Å². The van der Waals surface area contributed by atoms with Crippen LogP contribution in [0, 0.1) is 6.92 Å². The number of hydrogen-bond acceptors (Lipinski definition) is 3. The molecule has 102 valence electrons. The minimum absolute atomic E-state index is 0.0639. The average Bonchev–Trinajstić information content (AvgIpc) is 2.39. The quantitative estimate of drug-likeness (QED) is 0.851. The van der Waals surface area contributed by atoms with E-state index in [1.807, 2.05) is 32.0 Å². The first-order valence-electron chi connectivity index (χ1n) is 6.39. The molecule has 1 aromatic carbocycles. The van der Waals surface area contributed by atoms with Crippen molar-refractivity contribution < 1.29 is 14.7 Å². The van der Waals surface area contributed by atoms with Crippen molar-refractivity contribution in [1.82, 2.24) is 5.32 Å². The first kappa shape index (κ1) is 13.5. The third-order valence-electron chi connectivity index (χ3n) is 3.44. The Kier molecular flexibility index (Phi) is 3.85. The summed E-state index contributed by atoms with van der Waals surface area (Å²) >= 11 is 0. The number of anilines is 1. The van der Waals surface area contributed by atoms with Gasteiger partial charge in [-0.05, 0) is 24.5 Å². The molecule has 1 aliphatic rings. The summed E-state index contributed by atoms with van der Waals surface area (Å²) in [6, 6.07) is 5.17. The van der Waals surface area contributed by atoms with Crippen LogP contribution in [0.15, 0.2) is 18.2 Å². The van der Waals surface area contributed by atoms with E-state index in [-0.39, 0.29) is 19.0 Å². The van der Waals surface area contributed by atoms with E-state index in [9.17, 15) is 9.59 Å². The summed E-state index contributed by atoms with van der Waals surface area (Å²) in [5, 5.41) is 11.8. The second kappa shape index (κ2) is 5.40. The van der Waals surface area contributed by atoms with Gasteiger partial charge in [0.05, 0.1) is 13.1 Å². The predicted molar refractivity (Wildman–Crippen MR) is 72.3 cm³/mol. The summed E-state index contributed by atoms with van der Waals surface area (Å²) in [6.45, 7) is 4.21. The Bertz CT molecular complexity index is 513. The Labute approximate surface area is 112 Å². The van der Waals surface area contributed by atoms with Crippen molar-refractivity contribution in [2.75, 3.05) is 18.0 Å². The third kappa shape index (κ3) is 2.61. The van der Waals surface area contributed by atoms with Crippen molar-refractivity contribution in [1.29, 1.82) is 0 Å². The van der Waals surface area contributed by atoms with Gasteiger partial charge in [-0.15, -0.1) is 0 Å². The molecule has 0 aromatic heterocycles. The third-order valence-corrected chi connectivity index (χ3v) is 3.44. The van der Waals surface area contributed by atoms with Gasteiger partial charge in [-0.2, -0.15) is 0 Å². The number of carboxylic acids is 1. The van der Waals surface area contributed by atoms with Gasteiger partial charge in [0.1, 0.15) is 6.04 Å². The zero-order chi connectivity index (χ0) is 14.0. The number of amides is 1. The molecule has 1 unspecified atom stereocenters. The van der Waals surface area contributed by atoms with Gasteiger partial charge in [0.25, 0.3) is 0 Å². The maximum Gasteiger partial charge on any atom is 0.322 e. The van der Waals surface area contributed by atoms with Crippen molar-refractivity contribution >= 4 is 17.6 Å². The van der Waals surface area contributed by atoms with Crippen LogP contribution in [0.3, 0.4) is 0 Å². The van der Waals surface area contributed by atoms with Gasteiger partial charge in [-0.25, -0.2) is 0 Å². The van der Waals surface area contributed by atoms with Crippen molar-refractivity contribution in [3.05, 3.63) is 29.3 Å². The summed E-state index contributed by atoms with van der Waals surface area (Å²) in [4.78, 5) is 24.7. The molecule has 2 N–H and O–H groups in total. The van der Waals surface area contributed by atoms with Gasteiger partial charge < -0.3 is 10.0 Å². The molecule has 1 amide bonds. The Morgan fingerprint density at radius 3 is 2.89 bits per heavy atom. The average molecular weight is 262 g/mol. The first-order valence-corrected chi connectivity index (χ1v) is 6.39. The number of aryl methyl sites for hydroxylation is 2. The van der Waals surface area contributed by atoms with E-state index in [1.54, 1.807) is 4.90 Å². The highest BCUT2D eigenvalue weighted by Crippen LogP contribution is 2.27. The fourth-order valence-corrected chi connectivity index (χ4v) is 2.43. The summed E-state index contributed by atoms with van der Waals surface area (Å²) in [6.07, 6.45) is 0.811. The highest BCUT2D eigenvalue weighted by atomic mass is 16.4. The molecule has 0 spiro atoms. The standard InChI is InChI=1S/C14H18N2O3/c1-3-10-6-4-5-9(2)13(10)16-8-11(14(18)19)15-7-12(16)17/h4-6,11,15H,3,7-8H2,1-2H3,(H,18,19). The lowest BCUT2D eigenvalue weighted by molar-refractivity contribution is -0.139. The normalized spacial score (nSPS) is 19.6. The van der Waals surface area contributed by atoms with Gasteiger partial charge in [-0.3, -0.25) is 14.9 Å². The second-order valence-electron chi connectivity index (χ2n) is 4.71. The molecule has 0 aliphatic carbocycles. The zero-order valence-electron chi connectivity index (χ0n) is 11.1. The second-order valence-corrected chi connectivity index (χ2v) is 4.71. The molecular formula is C14H18N2O3. The van der Waals surface area contributed by atoms with Crippen LogP contribution in [0.4, 0.5) is 5.69 Å². The molecule has 0 saturated carbocycles. The monoisotopic (exact) mass is 262 g/mol. The lowest BCUT2D eigenvalue weighted by Crippen LogP contribution is -2.57. The van der Waals surface area contributed by atoms with Crippen LogP contribution in [-0.4, -0.2) is 36.1 Å². The summed E-state index contributed by atoms with van der Waals surface area (Å²) in [7, 11) is 0. The van der Waals surface area contributed by atoms with Crippen LogP contribution in [0.1, 0.15) is 18.1 Å². The maximum atomic E-state index is 12.1. The number of hydrogen-bond donors (Lipinski definition) is 2. The fraction of sp³-hybridized carbons (Fsp3) is 0.429. The van der Waals surface area contributed by atoms with Crippen LogP contribution in [0.5, 0.6) is 0 Å². The van der Waals surface area contributed by atoms with Crippen LogP contribution >= 0.6 is 0 Å². The largest absolute Gasteiger partial charge is 0.480 e. The number of carbonyl (C=O) groups is 2. The Morgan fingerprint density at radius 2 is 2.26 bits per heavy atom. The van der Waals surface area contributed by atoms with Crippen LogP contribution < -0.4 is 10.2 Å². The summed E-state index contributed by atoms with van der Waals surface area (Å²) < 4.78 is 0. The molecular weight excluding hydrogens is 244 g/mol. The Balaban J connectivity index is 2.39. The highest BCUT2D eigenvalue weighted by Gasteiger charge is 2.31. The molecule has 5 heteroatoms. The van der Waals surface area contributed by atoms with Crippen molar-refractivity contribution in [2.45, 2.75) is 26.3 Å². The molecule has 1 atom stereocenters. The number of benzene rings is 1. The zero-order valence-corrected chi connectivity index (χ0v) is 11.1. The predicted octanol–water partition coefficient (Wildman–Crippen LogP) is 0.947. The molecule has 1 heterocycles. The van der Waals surface area contributed by atoms with E-state index in [4.69, 9.17) is 5.11 Å². The number of aliphatic carboxylic acids is 1. The molecule has 1 aromatic rings. The first-order chi connectivity index (χ1) is 9.04. The number of para-hydroxylation sites is 1. The molecule has 0 radical (unpaired) electrons. The lowest BCUT2D eigenvalue weighted by atomic mass is 10.0. The SMILES string of the molecule is CCc1cccc(C)c1N1CC(C(=O)O)NCC1=O. The molecule has 1 fully saturated rings. The summed E-state index contributed by atoms with van der Waals surface area (Å²) in [5.74, 6) is -1.01. The number of rotatable bonds is 3. The molecule has 2 rings (SSSR count). The minimum Gasteiger partial charge on any atom is -0.480 e. The van der Waals surface area contributed by atoms with Gasteiger partial charge in [0.15, 0.2) is 0 Å². The van der Waals surface area contributed by atoms with Crippen molar-refractivity contribution in [3.8, 4) is 0 Å². The van der Waals surface area contributed by atoms with Gasteiger partial charge in [-0.1, -0.05) is 25.1 Å². The van der Waals surface area contributed by atoms with Crippen LogP contribution in [0.25, 0.3) is 0 Å². The van der Waals surface area contributed by atoms with Gasteiger partial charge in [0.2, 0.25) is 5.91 Å². The van der Waals surface area contributed by atoms with Gasteiger partial charge in [0, 0.05) is 5.69 Å². The number of nitrogens with zero attached hydrogens (tertiary/aromatic N) is 1. The number of carbonyl (C=O) groups excluding carboxylic acids is 1. The van der Waals surface area contributed by atoms with Crippen molar-refractivity contribution in [3.63, 3.8) is 0 Å². The topological polar surface area (TPSA) is 69.6 Å². The maximum absolute atomic E-state index is 12.1. The Morgan fingerprint density at radius 1 is 1.53 bits per heavy atom. The molecule has 19 heavy (non-hydrogen) atoms. The lowest BCUT2D eigenvalue weighted by Gasteiger charge is -2.33. The number of piperazine rings is 1. The smallest absolute Gasteiger partial charge is 0.322 e. The van der Waals surface area contributed by atoms with Gasteiger partial charge >= 0.3 is 5.97 Å². The number of nitrogens with one attached hydrogen (secondary N) is 1. The van der Waals surface area contributed by atoms with E-state index in [0.717, 1.165) is 23.2 Å². The van der Waals surface area contributed by atoms with E-state index < -0.39 is 12.0 Å². The highest BCUT2D eigenvalue weighted by molar-refractivity contribution is 5.98. The molecule has 0 bridgehead atoms. The van der Waals surface area contributed by atoms with E-state index in [2.05, 4.69) is 5.32 Å². The van der Waals surface area contributed by atoms with E-state index >= 15 is 0 Å². The number of carboxylic acid groups (broad SMARTS) is 1. The van der Waals surface area contributed by atoms with Crippen LogP contribution in [0.2, 0.25) is 0 Å². The minimum atomic E-state index is -0.927. The molecule has 1 aliphatic heterocycles. The summed E-state index contributed by atoms with van der Waals surface area (Å²) in [5.41, 5.74) is 2.93. The van der Waals surface area contributed by atoms with Crippen molar-refractivity contribution in [2.24, 2.45) is 0 Å². The van der Waals surface area contributed by atoms with Crippen LogP contribution in [-0.2, 0) is 16.0 Å².